The smallest absolute Gasteiger partial charge is 0.294 e. The van der Waals surface area contributed by atoms with Crippen LogP contribution >= 0.6 is 0 Å². The lowest BCUT2D eigenvalue weighted by atomic mass is 10.1. The molecular weight excluding hydrogens is 490 g/mol. The molecule has 0 radical (unpaired) electrons. The molecule has 0 aliphatic carbocycles. The lowest BCUT2D eigenvalue weighted by Gasteiger charge is -2.12. The minimum atomic E-state index is -0.738. The molecule has 16 nitrogen and oxygen atoms in total. The molecule has 0 bridgehead atoms. The summed E-state index contributed by atoms with van der Waals surface area (Å²) in [4.78, 5) is 23.5. The number of methoxy groups -OCH3 is 3. The quantitative estimate of drug-likeness (QED) is 0.187. The molecule has 0 aliphatic rings. The van der Waals surface area contributed by atoms with Crippen molar-refractivity contribution in [2.45, 2.75) is 0 Å². The summed E-state index contributed by atoms with van der Waals surface area (Å²) in [5.41, 5.74) is 8.85. The number of aromatic nitrogens is 5. The van der Waals surface area contributed by atoms with E-state index >= 15 is 0 Å². The van der Waals surface area contributed by atoms with E-state index in [4.69, 9.17) is 19.9 Å². The van der Waals surface area contributed by atoms with Gasteiger partial charge in [0.15, 0.2) is 17.2 Å². The fourth-order valence-electron chi connectivity index (χ4n) is 3.32. The summed E-state index contributed by atoms with van der Waals surface area (Å²) in [6.45, 7) is 0. The van der Waals surface area contributed by atoms with Crippen LogP contribution in [0.1, 0.15) is 16.1 Å². The van der Waals surface area contributed by atoms with Crippen molar-refractivity contribution in [3.63, 3.8) is 0 Å². The van der Waals surface area contributed by atoms with Gasteiger partial charge >= 0.3 is 0 Å². The van der Waals surface area contributed by atoms with Crippen molar-refractivity contribution in [3.05, 3.63) is 57.8 Å². The predicted octanol–water partition coefficient (Wildman–Crippen LogP) is 1.60. The molecule has 0 atom stereocenters. The van der Waals surface area contributed by atoms with Crippen molar-refractivity contribution in [1.82, 2.24) is 30.7 Å². The van der Waals surface area contributed by atoms with E-state index in [0.717, 1.165) is 4.68 Å². The number of carbonyl (C=O) groups excluding carboxylic acids is 1. The van der Waals surface area contributed by atoms with Crippen molar-refractivity contribution >= 4 is 23.6 Å². The Balaban J connectivity index is 1.67. The zero-order valence-corrected chi connectivity index (χ0v) is 19.6. The van der Waals surface area contributed by atoms with Gasteiger partial charge in [-0.15, -0.1) is 5.10 Å². The number of rotatable bonds is 9. The number of ether oxygens (including phenoxy) is 3. The predicted molar refractivity (Wildman–Crippen MR) is 127 cm³/mol. The van der Waals surface area contributed by atoms with Gasteiger partial charge in [-0.1, -0.05) is 5.21 Å². The van der Waals surface area contributed by atoms with Gasteiger partial charge < -0.3 is 19.9 Å². The summed E-state index contributed by atoms with van der Waals surface area (Å²) in [6, 6.07) is 8.65. The average molecular weight is 509 g/mol. The number of hydrogen-bond donors (Lipinski definition) is 2. The van der Waals surface area contributed by atoms with E-state index in [-0.39, 0.29) is 28.7 Å². The number of hydrazone groups is 1. The molecule has 1 amide bonds. The highest BCUT2D eigenvalue weighted by molar-refractivity contribution is 5.99. The second kappa shape index (κ2) is 10.4. The number of carbonyl (C=O) groups is 1. The summed E-state index contributed by atoms with van der Waals surface area (Å²) in [6.07, 6.45) is 1.36. The number of nitrogens with one attached hydrogen (secondary N) is 1. The molecule has 0 aliphatic heterocycles. The summed E-state index contributed by atoms with van der Waals surface area (Å²) >= 11 is 0. The second-order valence-corrected chi connectivity index (χ2v) is 7.13. The lowest BCUT2D eigenvalue weighted by molar-refractivity contribution is -0.384. The minimum Gasteiger partial charge on any atom is -0.493 e. The third-order valence-corrected chi connectivity index (χ3v) is 5.00. The topological polar surface area (TPSA) is 208 Å². The highest BCUT2D eigenvalue weighted by atomic mass is 16.6. The average Bonchev–Trinajstić information content (AvgIpc) is 3.53. The molecule has 0 spiro atoms. The Hall–Kier alpha value is -5.54. The number of amides is 1. The molecule has 2 aromatic heterocycles. The van der Waals surface area contributed by atoms with E-state index in [1.807, 2.05) is 0 Å². The number of benzene rings is 2. The standard InChI is InChI=1S/C21H19N9O7/c1-34-14-8-11(9-15(35-2)18(14)36-3)10-23-25-21(31)16-17(12-4-6-13(7-5-12)30(32)33)29(28-24-16)20-19(22)26-37-27-20/h4-10H,1-3H3,(H2,22,26)(H,25,31)/b23-10+. The van der Waals surface area contributed by atoms with Gasteiger partial charge in [0.05, 0.1) is 32.5 Å². The van der Waals surface area contributed by atoms with Crippen molar-refractivity contribution in [2.24, 2.45) is 5.10 Å². The summed E-state index contributed by atoms with van der Waals surface area (Å²) in [7, 11) is 4.42. The Morgan fingerprint density at radius 3 is 2.35 bits per heavy atom. The normalized spacial score (nSPS) is 10.9. The van der Waals surface area contributed by atoms with Crippen LogP contribution in [0, 0.1) is 10.1 Å². The number of nitrogen functional groups attached to an aromatic ring is 1. The Labute approximate surface area is 207 Å². The van der Waals surface area contributed by atoms with Crippen LogP contribution in [-0.2, 0) is 0 Å². The van der Waals surface area contributed by atoms with Crippen molar-refractivity contribution in [2.75, 3.05) is 27.1 Å². The highest BCUT2D eigenvalue weighted by Crippen LogP contribution is 2.37. The van der Waals surface area contributed by atoms with Crippen LogP contribution < -0.4 is 25.4 Å². The summed E-state index contributed by atoms with van der Waals surface area (Å²) < 4.78 is 21.7. The third kappa shape index (κ3) is 4.83. The number of nitrogens with two attached hydrogens (primary N) is 1. The Morgan fingerprint density at radius 2 is 1.81 bits per heavy atom. The maximum atomic E-state index is 13.0. The second-order valence-electron chi connectivity index (χ2n) is 7.13. The van der Waals surface area contributed by atoms with Gasteiger partial charge in [0, 0.05) is 23.3 Å². The van der Waals surface area contributed by atoms with Crippen molar-refractivity contribution in [1.29, 1.82) is 0 Å². The first-order valence-electron chi connectivity index (χ1n) is 10.3. The number of nitro groups is 1. The van der Waals surface area contributed by atoms with Gasteiger partial charge in [-0.25, -0.2) is 10.1 Å². The zero-order valence-electron chi connectivity index (χ0n) is 19.6. The number of hydrogen-bond acceptors (Lipinski definition) is 13. The number of non-ortho nitro benzene ring substituents is 1. The first-order chi connectivity index (χ1) is 17.9. The van der Waals surface area contributed by atoms with E-state index in [1.54, 1.807) is 12.1 Å². The Morgan fingerprint density at radius 1 is 1.14 bits per heavy atom. The van der Waals surface area contributed by atoms with Crippen LogP contribution in [-0.4, -0.2) is 63.7 Å². The fraction of sp³-hybridized carbons (Fsp3) is 0.143. The minimum absolute atomic E-state index is 0.0270. The molecule has 0 unspecified atom stereocenters. The van der Waals surface area contributed by atoms with Crippen molar-refractivity contribution < 1.29 is 28.6 Å². The Bertz CT molecular complexity index is 1450. The van der Waals surface area contributed by atoms with Crippen LogP contribution in [0.15, 0.2) is 46.1 Å². The molecule has 0 saturated heterocycles. The van der Waals surface area contributed by atoms with E-state index in [9.17, 15) is 14.9 Å². The largest absolute Gasteiger partial charge is 0.493 e. The maximum absolute atomic E-state index is 13.0. The zero-order chi connectivity index (χ0) is 26.5. The van der Waals surface area contributed by atoms with E-state index in [2.05, 4.69) is 35.8 Å². The first-order valence-corrected chi connectivity index (χ1v) is 10.3. The monoisotopic (exact) mass is 509 g/mol. The molecule has 0 saturated carbocycles. The van der Waals surface area contributed by atoms with Crippen LogP contribution in [0.2, 0.25) is 0 Å². The molecule has 0 fully saturated rings. The first kappa shape index (κ1) is 24.6. The SMILES string of the molecule is COc1cc(/C=N/NC(=O)c2nnn(-c3nonc3N)c2-c2ccc([N+](=O)[O-])cc2)cc(OC)c1OC. The molecule has 16 heteroatoms. The van der Waals surface area contributed by atoms with Gasteiger partial charge in [0.25, 0.3) is 11.6 Å². The number of nitrogens with zero attached hydrogens (tertiary/aromatic N) is 7. The third-order valence-electron chi connectivity index (χ3n) is 5.00. The molecule has 3 N–H and O–H groups in total. The van der Waals surface area contributed by atoms with Crippen molar-refractivity contribution in [3.8, 4) is 34.3 Å². The van der Waals surface area contributed by atoms with Crippen LogP contribution in [0.5, 0.6) is 17.2 Å². The molecule has 4 rings (SSSR count). The molecule has 37 heavy (non-hydrogen) atoms. The Kier molecular flexibility index (Phi) is 6.90. The molecule has 190 valence electrons. The summed E-state index contributed by atoms with van der Waals surface area (Å²) in [5.74, 6) is 0.324. The van der Waals surface area contributed by atoms with Gasteiger partial charge in [0.2, 0.25) is 17.4 Å². The van der Waals surface area contributed by atoms with Gasteiger partial charge in [-0.2, -0.15) is 9.78 Å². The number of nitro benzene ring substituents is 1. The maximum Gasteiger partial charge on any atom is 0.294 e. The highest BCUT2D eigenvalue weighted by Gasteiger charge is 2.25. The number of anilines is 1. The van der Waals surface area contributed by atoms with E-state index < -0.39 is 10.8 Å². The fourth-order valence-corrected chi connectivity index (χ4v) is 3.32. The van der Waals surface area contributed by atoms with E-state index in [0.29, 0.717) is 28.4 Å². The summed E-state index contributed by atoms with van der Waals surface area (Å²) in [5, 5.41) is 30.1. The van der Waals surface area contributed by atoms with Gasteiger partial charge in [-0.05, 0) is 34.6 Å². The molecule has 4 aromatic rings. The van der Waals surface area contributed by atoms with E-state index in [1.165, 1.54) is 51.8 Å². The van der Waals surface area contributed by atoms with Gasteiger partial charge in [0.1, 0.15) is 5.69 Å². The van der Waals surface area contributed by atoms with Crippen LogP contribution in [0.25, 0.3) is 17.1 Å². The van der Waals surface area contributed by atoms with Crippen LogP contribution in [0.3, 0.4) is 0 Å². The lowest BCUT2D eigenvalue weighted by Crippen LogP contribution is -2.19. The van der Waals surface area contributed by atoms with Crippen LogP contribution in [0.4, 0.5) is 11.5 Å². The molecule has 2 aromatic carbocycles. The molecular formula is C21H19N9O7. The van der Waals surface area contributed by atoms with Gasteiger partial charge in [-0.3, -0.25) is 14.9 Å². The molecule has 2 heterocycles.